The number of hydrogen-bond acceptors (Lipinski definition) is 2. The summed E-state index contributed by atoms with van der Waals surface area (Å²) >= 11 is 0. The van der Waals surface area contributed by atoms with Gasteiger partial charge in [-0.2, -0.15) is 10.5 Å². The molecule has 4 rings (SSSR count). The molecule has 0 radical (unpaired) electrons. The number of aryl methyl sites for hydroxylation is 4. The predicted octanol–water partition coefficient (Wildman–Crippen LogP) is 8.52. The smallest absolute Gasteiger partial charge is 0.0918 e. The minimum Gasteiger partial charge on any atom is -0.193 e. The van der Waals surface area contributed by atoms with Crippen LogP contribution < -0.4 is 0 Å². The number of hydrogen-bond donors (Lipinski definition) is 0. The Labute approximate surface area is 215 Å². The van der Waals surface area contributed by atoms with Gasteiger partial charge in [0.2, 0.25) is 0 Å². The average Bonchev–Trinajstić information content (AvgIpc) is 2.89. The SMILES string of the molecule is Cc1ccc(C(=CC#N)c2ccc(C)cc2)cc1.Cc1ccc(C(=CC#N)c2ccc(C)cc2)cc1. The topological polar surface area (TPSA) is 47.6 Å². The number of nitriles is 2. The average molecular weight is 467 g/mol. The van der Waals surface area contributed by atoms with Crippen molar-refractivity contribution in [3.8, 4) is 12.1 Å². The normalized spacial score (nSPS) is 9.61. The Balaban J connectivity index is 0.000000201. The first-order chi connectivity index (χ1) is 17.4. The van der Waals surface area contributed by atoms with Crippen LogP contribution in [0.1, 0.15) is 44.5 Å². The third-order valence-electron chi connectivity index (χ3n) is 5.87. The summed E-state index contributed by atoms with van der Waals surface area (Å²) in [5.41, 5.74) is 11.1. The number of benzene rings is 4. The van der Waals surface area contributed by atoms with Crippen LogP contribution in [0.15, 0.2) is 109 Å². The summed E-state index contributed by atoms with van der Waals surface area (Å²) in [4.78, 5) is 0. The van der Waals surface area contributed by atoms with Crippen molar-refractivity contribution in [3.63, 3.8) is 0 Å². The molecule has 176 valence electrons. The first-order valence-corrected chi connectivity index (χ1v) is 11.9. The molecule has 0 saturated heterocycles. The van der Waals surface area contributed by atoms with Crippen molar-refractivity contribution in [1.29, 1.82) is 10.5 Å². The fourth-order valence-electron chi connectivity index (χ4n) is 3.73. The second-order valence-corrected chi connectivity index (χ2v) is 8.84. The summed E-state index contributed by atoms with van der Waals surface area (Å²) in [5.74, 6) is 0. The number of allylic oxidation sites excluding steroid dienone is 2. The lowest BCUT2D eigenvalue weighted by molar-refractivity contribution is 1.42. The van der Waals surface area contributed by atoms with E-state index in [-0.39, 0.29) is 0 Å². The minimum absolute atomic E-state index is 0.970. The fourth-order valence-corrected chi connectivity index (χ4v) is 3.73. The Kier molecular flexibility index (Phi) is 9.16. The van der Waals surface area contributed by atoms with Gasteiger partial charge in [0, 0.05) is 12.2 Å². The van der Waals surface area contributed by atoms with Gasteiger partial charge in [-0.3, -0.25) is 0 Å². The van der Waals surface area contributed by atoms with Crippen LogP contribution >= 0.6 is 0 Å². The zero-order valence-electron chi connectivity index (χ0n) is 21.3. The maximum absolute atomic E-state index is 8.94. The predicted molar refractivity (Wildman–Crippen MR) is 150 cm³/mol. The monoisotopic (exact) mass is 466 g/mol. The van der Waals surface area contributed by atoms with Gasteiger partial charge < -0.3 is 0 Å². The quantitative estimate of drug-likeness (QED) is 0.283. The molecule has 0 unspecified atom stereocenters. The molecule has 0 saturated carbocycles. The van der Waals surface area contributed by atoms with Crippen molar-refractivity contribution >= 4 is 11.1 Å². The van der Waals surface area contributed by atoms with Crippen molar-refractivity contribution < 1.29 is 0 Å². The molecule has 4 aromatic carbocycles. The molecule has 0 fully saturated rings. The first-order valence-electron chi connectivity index (χ1n) is 11.9. The summed E-state index contributed by atoms with van der Waals surface area (Å²) in [5, 5.41) is 17.9. The molecule has 0 aliphatic heterocycles. The highest BCUT2D eigenvalue weighted by molar-refractivity contribution is 5.82. The zero-order chi connectivity index (χ0) is 25.9. The molecule has 0 aliphatic carbocycles. The van der Waals surface area contributed by atoms with E-state index in [1.165, 1.54) is 22.3 Å². The van der Waals surface area contributed by atoms with Crippen LogP contribution in [0.5, 0.6) is 0 Å². The lowest BCUT2D eigenvalue weighted by Gasteiger charge is -2.07. The van der Waals surface area contributed by atoms with E-state index in [2.05, 4.69) is 137 Å². The molecule has 2 nitrogen and oxygen atoms in total. The van der Waals surface area contributed by atoms with Crippen LogP contribution in [-0.4, -0.2) is 0 Å². The van der Waals surface area contributed by atoms with Gasteiger partial charge >= 0.3 is 0 Å². The molecule has 36 heavy (non-hydrogen) atoms. The van der Waals surface area contributed by atoms with Crippen LogP contribution in [0.25, 0.3) is 11.1 Å². The molecular weight excluding hydrogens is 436 g/mol. The highest BCUT2D eigenvalue weighted by Crippen LogP contribution is 2.25. The Morgan fingerprint density at radius 1 is 0.417 bits per heavy atom. The van der Waals surface area contributed by atoms with Gasteiger partial charge in [0.1, 0.15) is 0 Å². The van der Waals surface area contributed by atoms with Gasteiger partial charge in [-0.05, 0) is 61.1 Å². The van der Waals surface area contributed by atoms with Gasteiger partial charge in [-0.25, -0.2) is 0 Å². The highest BCUT2D eigenvalue weighted by Gasteiger charge is 2.05. The standard InChI is InChI=1S/2C17H15N/c2*1-13-3-7-15(8-4-13)17(11-12-18)16-9-5-14(2)6-10-16/h2*3-11H,1-2H3. The maximum atomic E-state index is 8.94. The molecule has 0 aliphatic rings. The Morgan fingerprint density at radius 2 is 0.611 bits per heavy atom. The van der Waals surface area contributed by atoms with E-state index in [9.17, 15) is 0 Å². The van der Waals surface area contributed by atoms with Crippen molar-refractivity contribution in [2.75, 3.05) is 0 Å². The lowest BCUT2D eigenvalue weighted by atomic mass is 9.96. The lowest BCUT2D eigenvalue weighted by Crippen LogP contribution is -1.88. The summed E-state index contributed by atoms with van der Waals surface area (Å²) < 4.78 is 0. The van der Waals surface area contributed by atoms with Crippen LogP contribution in [-0.2, 0) is 0 Å². The summed E-state index contributed by atoms with van der Waals surface area (Å²) in [6.45, 7) is 8.24. The molecule has 0 N–H and O–H groups in total. The number of rotatable bonds is 4. The van der Waals surface area contributed by atoms with Crippen molar-refractivity contribution in [2.24, 2.45) is 0 Å². The molecule has 0 spiro atoms. The van der Waals surface area contributed by atoms with E-state index in [1.807, 2.05) is 0 Å². The molecule has 0 bridgehead atoms. The third-order valence-corrected chi connectivity index (χ3v) is 5.87. The van der Waals surface area contributed by atoms with E-state index in [0.717, 1.165) is 33.4 Å². The Hall–Kier alpha value is -4.66. The van der Waals surface area contributed by atoms with Crippen LogP contribution in [0.3, 0.4) is 0 Å². The molecule has 4 aromatic rings. The number of nitrogens with zero attached hydrogens (tertiary/aromatic N) is 2. The van der Waals surface area contributed by atoms with Crippen molar-refractivity contribution in [2.45, 2.75) is 27.7 Å². The highest BCUT2D eigenvalue weighted by atomic mass is 14.2. The summed E-state index contributed by atoms with van der Waals surface area (Å²) in [6, 6.07) is 37.2. The Morgan fingerprint density at radius 3 is 0.778 bits per heavy atom. The van der Waals surface area contributed by atoms with Crippen LogP contribution in [0, 0.1) is 50.4 Å². The molecule has 0 heterocycles. The molecule has 0 atom stereocenters. The van der Waals surface area contributed by atoms with Gasteiger partial charge in [0.15, 0.2) is 0 Å². The largest absolute Gasteiger partial charge is 0.193 e. The van der Waals surface area contributed by atoms with Crippen LogP contribution in [0.4, 0.5) is 0 Å². The Bertz CT molecular complexity index is 1210. The van der Waals surface area contributed by atoms with E-state index in [4.69, 9.17) is 10.5 Å². The fraction of sp³-hybridized carbons (Fsp3) is 0.118. The second-order valence-electron chi connectivity index (χ2n) is 8.84. The minimum atomic E-state index is 0.970. The van der Waals surface area contributed by atoms with Gasteiger partial charge in [0.25, 0.3) is 0 Å². The van der Waals surface area contributed by atoms with Gasteiger partial charge in [-0.1, -0.05) is 119 Å². The molecule has 0 aromatic heterocycles. The second kappa shape index (κ2) is 12.7. The molecule has 0 amide bonds. The van der Waals surface area contributed by atoms with E-state index < -0.39 is 0 Å². The summed E-state index contributed by atoms with van der Waals surface area (Å²) in [7, 11) is 0. The van der Waals surface area contributed by atoms with E-state index in [0.29, 0.717) is 0 Å². The van der Waals surface area contributed by atoms with Gasteiger partial charge in [0.05, 0.1) is 12.1 Å². The molecule has 2 heteroatoms. The van der Waals surface area contributed by atoms with Crippen molar-refractivity contribution in [3.05, 3.63) is 154 Å². The van der Waals surface area contributed by atoms with Gasteiger partial charge in [-0.15, -0.1) is 0 Å². The molecular formula is C34H30N2. The van der Waals surface area contributed by atoms with Crippen LogP contribution in [0.2, 0.25) is 0 Å². The van der Waals surface area contributed by atoms with Crippen molar-refractivity contribution in [1.82, 2.24) is 0 Å². The first kappa shape index (κ1) is 26.0. The summed E-state index contributed by atoms with van der Waals surface area (Å²) in [6.07, 6.45) is 3.21. The van der Waals surface area contributed by atoms with E-state index in [1.54, 1.807) is 12.2 Å². The third kappa shape index (κ3) is 7.17. The maximum Gasteiger partial charge on any atom is 0.0918 e. The zero-order valence-corrected chi connectivity index (χ0v) is 21.3. The van der Waals surface area contributed by atoms with E-state index >= 15 is 0 Å².